The molecular weight excluding hydrogens is 338 g/mol. The SMILES string of the molecule is CC.COc1ccc(C(=O)c2ccccc2NC(=O)c2ccccc2)cc1. The largest absolute Gasteiger partial charge is 0.497 e. The molecule has 1 amide bonds. The van der Waals surface area contributed by atoms with Crippen LogP contribution in [0.4, 0.5) is 5.69 Å². The zero-order chi connectivity index (χ0) is 19.6. The molecule has 3 aromatic rings. The van der Waals surface area contributed by atoms with Gasteiger partial charge in [-0.2, -0.15) is 0 Å². The second-order valence-corrected chi connectivity index (χ2v) is 5.42. The molecule has 0 fully saturated rings. The number of carbonyl (C=O) groups excluding carboxylic acids is 2. The van der Waals surface area contributed by atoms with Gasteiger partial charge in [0, 0.05) is 16.7 Å². The van der Waals surface area contributed by atoms with Crippen molar-refractivity contribution in [3.63, 3.8) is 0 Å². The summed E-state index contributed by atoms with van der Waals surface area (Å²) in [6.07, 6.45) is 0. The molecule has 0 aromatic heterocycles. The normalized spacial score (nSPS) is 9.59. The van der Waals surface area contributed by atoms with Crippen LogP contribution in [0, 0.1) is 0 Å². The third kappa shape index (κ3) is 5.05. The second-order valence-electron chi connectivity index (χ2n) is 5.42. The van der Waals surface area contributed by atoms with E-state index in [0.717, 1.165) is 0 Å². The molecular formula is C23H23NO3. The summed E-state index contributed by atoms with van der Waals surface area (Å²) in [7, 11) is 1.57. The van der Waals surface area contributed by atoms with Gasteiger partial charge in [0.05, 0.1) is 12.8 Å². The average molecular weight is 361 g/mol. The number of benzene rings is 3. The molecule has 0 aliphatic rings. The quantitative estimate of drug-likeness (QED) is 0.635. The molecule has 4 nitrogen and oxygen atoms in total. The van der Waals surface area contributed by atoms with E-state index in [1.54, 1.807) is 79.9 Å². The molecule has 0 radical (unpaired) electrons. The summed E-state index contributed by atoms with van der Waals surface area (Å²) < 4.78 is 5.11. The van der Waals surface area contributed by atoms with Crippen molar-refractivity contribution < 1.29 is 14.3 Å². The maximum atomic E-state index is 12.8. The minimum atomic E-state index is -0.254. The van der Waals surface area contributed by atoms with Gasteiger partial charge in [-0.15, -0.1) is 0 Å². The Bertz CT molecular complexity index is 887. The summed E-state index contributed by atoms with van der Waals surface area (Å²) in [6, 6.07) is 22.7. The maximum Gasteiger partial charge on any atom is 0.255 e. The fourth-order valence-electron chi connectivity index (χ4n) is 2.47. The molecule has 0 heterocycles. The lowest BCUT2D eigenvalue weighted by Gasteiger charge is -2.11. The molecule has 27 heavy (non-hydrogen) atoms. The fraction of sp³-hybridized carbons (Fsp3) is 0.130. The van der Waals surface area contributed by atoms with Crippen molar-refractivity contribution >= 4 is 17.4 Å². The highest BCUT2D eigenvalue weighted by atomic mass is 16.5. The van der Waals surface area contributed by atoms with Gasteiger partial charge in [-0.3, -0.25) is 9.59 Å². The van der Waals surface area contributed by atoms with Crippen LogP contribution in [0.5, 0.6) is 5.75 Å². The Kier molecular flexibility index (Phi) is 7.32. The van der Waals surface area contributed by atoms with Crippen LogP contribution >= 0.6 is 0 Å². The van der Waals surface area contributed by atoms with E-state index in [0.29, 0.717) is 28.1 Å². The first kappa shape index (κ1) is 19.9. The number of rotatable bonds is 5. The van der Waals surface area contributed by atoms with Crippen LogP contribution < -0.4 is 10.1 Å². The molecule has 138 valence electrons. The van der Waals surface area contributed by atoms with Crippen LogP contribution in [-0.2, 0) is 0 Å². The molecule has 1 N–H and O–H groups in total. The lowest BCUT2D eigenvalue weighted by Crippen LogP contribution is -2.15. The van der Waals surface area contributed by atoms with Gasteiger partial charge in [0.2, 0.25) is 0 Å². The lowest BCUT2D eigenvalue weighted by atomic mass is 10.0. The Morgan fingerprint density at radius 1 is 0.741 bits per heavy atom. The van der Waals surface area contributed by atoms with Gasteiger partial charge in [0.15, 0.2) is 5.78 Å². The highest BCUT2D eigenvalue weighted by Crippen LogP contribution is 2.21. The topological polar surface area (TPSA) is 55.4 Å². The first-order chi connectivity index (χ1) is 13.2. The Morgan fingerprint density at radius 2 is 1.33 bits per heavy atom. The molecule has 3 rings (SSSR count). The predicted octanol–water partition coefficient (Wildman–Crippen LogP) is 5.20. The number of para-hydroxylation sites is 1. The number of methoxy groups -OCH3 is 1. The molecule has 0 spiro atoms. The van der Waals surface area contributed by atoms with E-state index in [-0.39, 0.29) is 11.7 Å². The van der Waals surface area contributed by atoms with Crippen molar-refractivity contribution in [2.75, 3.05) is 12.4 Å². The van der Waals surface area contributed by atoms with Gasteiger partial charge in [-0.1, -0.05) is 44.2 Å². The van der Waals surface area contributed by atoms with Gasteiger partial charge >= 0.3 is 0 Å². The summed E-state index contributed by atoms with van der Waals surface area (Å²) in [4.78, 5) is 25.2. The summed E-state index contributed by atoms with van der Waals surface area (Å²) >= 11 is 0. The number of amides is 1. The summed E-state index contributed by atoms with van der Waals surface area (Å²) in [5.41, 5.74) is 1.99. The zero-order valence-electron chi connectivity index (χ0n) is 15.7. The Labute approximate surface area is 159 Å². The van der Waals surface area contributed by atoms with Crippen molar-refractivity contribution in [3.05, 3.63) is 95.6 Å². The number of ether oxygens (including phenoxy) is 1. The van der Waals surface area contributed by atoms with Gasteiger partial charge in [-0.25, -0.2) is 0 Å². The molecule has 0 aliphatic carbocycles. The minimum Gasteiger partial charge on any atom is -0.497 e. The minimum absolute atomic E-state index is 0.161. The van der Waals surface area contributed by atoms with E-state index in [1.165, 1.54) is 0 Å². The van der Waals surface area contributed by atoms with Crippen molar-refractivity contribution in [1.82, 2.24) is 0 Å². The molecule has 3 aromatic carbocycles. The molecule has 4 heteroatoms. The van der Waals surface area contributed by atoms with Crippen LogP contribution in [0.25, 0.3) is 0 Å². The first-order valence-corrected chi connectivity index (χ1v) is 8.83. The number of hydrogen-bond acceptors (Lipinski definition) is 3. The zero-order valence-corrected chi connectivity index (χ0v) is 15.7. The van der Waals surface area contributed by atoms with Crippen molar-refractivity contribution in [2.24, 2.45) is 0 Å². The predicted molar refractivity (Wildman–Crippen MR) is 109 cm³/mol. The van der Waals surface area contributed by atoms with Gasteiger partial charge in [-0.05, 0) is 48.5 Å². The van der Waals surface area contributed by atoms with Crippen LogP contribution in [0.3, 0.4) is 0 Å². The number of ketones is 1. The Balaban J connectivity index is 0.00000126. The van der Waals surface area contributed by atoms with E-state index in [1.807, 2.05) is 19.9 Å². The van der Waals surface area contributed by atoms with Crippen LogP contribution in [0.15, 0.2) is 78.9 Å². The number of nitrogens with one attached hydrogen (secondary N) is 1. The molecule has 0 atom stereocenters. The molecule has 0 bridgehead atoms. The number of hydrogen-bond donors (Lipinski definition) is 1. The van der Waals surface area contributed by atoms with E-state index < -0.39 is 0 Å². The first-order valence-electron chi connectivity index (χ1n) is 8.83. The van der Waals surface area contributed by atoms with Gasteiger partial charge in [0.1, 0.15) is 5.75 Å². The van der Waals surface area contributed by atoms with E-state index >= 15 is 0 Å². The van der Waals surface area contributed by atoms with E-state index in [9.17, 15) is 9.59 Å². The molecule has 0 unspecified atom stereocenters. The van der Waals surface area contributed by atoms with Crippen molar-refractivity contribution in [3.8, 4) is 5.75 Å². The Hall–Kier alpha value is -3.40. The van der Waals surface area contributed by atoms with E-state index in [2.05, 4.69) is 5.32 Å². The highest BCUT2D eigenvalue weighted by Gasteiger charge is 2.15. The third-order valence-electron chi connectivity index (χ3n) is 3.81. The molecule has 0 saturated carbocycles. The smallest absolute Gasteiger partial charge is 0.255 e. The van der Waals surface area contributed by atoms with Crippen LogP contribution in [-0.4, -0.2) is 18.8 Å². The number of carbonyl (C=O) groups is 2. The summed E-state index contributed by atoms with van der Waals surface area (Å²) in [6.45, 7) is 4.00. The van der Waals surface area contributed by atoms with Crippen molar-refractivity contribution in [2.45, 2.75) is 13.8 Å². The van der Waals surface area contributed by atoms with Gasteiger partial charge < -0.3 is 10.1 Å². The average Bonchev–Trinajstić information content (AvgIpc) is 2.75. The van der Waals surface area contributed by atoms with Crippen LogP contribution in [0.1, 0.15) is 40.1 Å². The Morgan fingerprint density at radius 3 is 1.96 bits per heavy atom. The fourth-order valence-corrected chi connectivity index (χ4v) is 2.47. The summed E-state index contributed by atoms with van der Waals surface area (Å²) in [5, 5.41) is 2.82. The monoisotopic (exact) mass is 361 g/mol. The second kappa shape index (κ2) is 9.92. The maximum absolute atomic E-state index is 12.8. The standard InChI is InChI=1S/C21H17NO3.C2H6/c1-25-17-13-11-15(12-14-17)20(23)18-9-5-6-10-19(18)22-21(24)16-7-3-2-4-8-16;1-2/h2-14H,1H3,(H,22,24);1-2H3. The van der Waals surface area contributed by atoms with Crippen LogP contribution in [0.2, 0.25) is 0 Å². The number of anilines is 1. The van der Waals surface area contributed by atoms with Gasteiger partial charge in [0.25, 0.3) is 5.91 Å². The van der Waals surface area contributed by atoms with Crippen molar-refractivity contribution in [1.29, 1.82) is 0 Å². The molecule has 0 saturated heterocycles. The van der Waals surface area contributed by atoms with E-state index in [4.69, 9.17) is 4.74 Å². The highest BCUT2D eigenvalue weighted by molar-refractivity contribution is 6.15. The molecule has 0 aliphatic heterocycles. The third-order valence-corrected chi connectivity index (χ3v) is 3.81. The summed E-state index contributed by atoms with van der Waals surface area (Å²) in [5.74, 6) is 0.268. The lowest BCUT2D eigenvalue weighted by molar-refractivity contribution is 0.102.